The standard InChI is InChI=1S/C21H31N5O2/c1-13-4-5-19-16(10-13)11-18(20(22)24-15(3)28)21(25-19)26-8-6-17(7-9-26)23-12-14(2)27/h4-5,10-11,14-15,17,23,27-28H,6-9,12H2,1-3H3,(H2,22,24). The fraction of sp³-hybridized carbons (Fsp3) is 0.524. The molecule has 0 amide bonds. The molecule has 0 aliphatic carbocycles. The Balaban J connectivity index is 1.90. The molecule has 1 aliphatic heterocycles. The van der Waals surface area contributed by atoms with Gasteiger partial charge in [-0.05, 0) is 51.8 Å². The minimum atomic E-state index is -0.864. The Morgan fingerprint density at radius 1 is 1.29 bits per heavy atom. The number of piperidine rings is 1. The van der Waals surface area contributed by atoms with E-state index in [0.29, 0.717) is 18.4 Å². The second kappa shape index (κ2) is 8.86. The Hall–Kier alpha value is -2.22. The maximum Gasteiger partial charge on any atom is 0.144 e. The summed E-state index contributed by atoms with van der Waals surface area (Å²) in [6, 6.07) is 8.57. The van der Waals surface area contributed by atoms with Crippen molar-refractivity contribution >= 4 is 22.6 Å². The van der Waals surface area contributed by atoms with E-state index in [1.165, 1.54) is 0 Å². The Kier molecular flexibility index (Phi) is 6.49. The van der Waals surface area contributed by atoms with E-state index in [4.69, 9.17) is 10.7 Å². The molecule has 2 unspecified atom stereocenters. The lowest BCUT2D eigenvalue weighted by atomic mass is 10.0. The summed E-state index contributed by atoms with van der Waals surface area (Å²) < 4.78 is 0. The number of rotatable bonds is 6. The predicted octanol–water partition coefficient (Wildman–Crippen LogP) is 1.53. The topological polar surface area (TPSA) is 107 Å². The molecule has 5 N–H and O–H groups in total. The van der Waals surface area contributed by atoms with Crippen LogP contribution in [0.4, 0.5) is 5.82 Å². The Morgan fingerprint density at radius 3 is 2.64 bits per heavy atom. The van der Waals surface area contributed by atoms with E-state index in [1.807, 2.05) is 19.1 Å². The molecule has 2 heterocycles. The van der Waals surface area contributed by atoms with Crippen LogP contribution in [-0.4, -0.2) is 59.0 Å². The fourth-order valence-electron chi connectivity index (χ4n) is 3.62. The van der Waals surface area contributed by atoms with Crippen molar-refractivity contribution in [2.75, 3.05) is 24.5 Å². The highest BCUT2D eigenvalue weighted by atomic mass is 16.3. The molecule has 28 heavy (non-hydrogen) atoms. The molecule has 1 aliphatic rings. The molecule has 0 bridgehead atoms. The summed E-state index contributed by atoms with van der Waals surface area (Å²) in [6.07, 6.45) is 0.726. The van der Waals surface area contributed by atoms with Gasteiger partial charge in [-0.1, -0.05) is 11.6 Å². The summed E-state index contributed by atoms with van der Waals surface area (Å²) in [5, 5.41) is 23.5. The van der Waals surface area contributed by atoms with Gasteiger partial charge in [-0.3, -0.25) is 0 Å². The highest BCUT2D eigenvalue weighted by Gasteiger charge is 2.23. The molecule has 0 radical (unpaired) electrons. The van der Waals surface area contributed by atoms with Gasteiger partial charge in [0.2, 0.25) is 0 Å². The SMILES string of the molecule is Cc1ccc2nc(N3CCC(NCC(C)O)CC3)c(C(N)=NC(C)O)cc2c1. The van der Waals surface area contributed by atoms with Gasteiger partial charge >= 0.3 is 0 Å². The van der Waals surface area contributed by atoms with Gasteiger partial charge in [0.15, 0.2) is 0 Å². The van der Waals surface area contributed by atoms with Crippen molar-refractivity contribution in [1.82, 2.24) is 10.3 Å². The van der Waals surface area contributed by atoms with Crippen molar-refractivity contribution in [1.29, 1.82) is 0 Å². The number of nitrogens with two attached hydrogens (primary N) is 1. The normalized spacial score (nSPS) is 18.5. The van der Waals surface area contributed by atoms with Gasteiger partial charge in [-0.2, -0.15) is 0 Å². The van der Waals surface area contributed by atoms with E-state index in [-0.39, 0.29) is 6.10 Å². The van der Waals surface area contributed by atoms with E-state index in [2.05, 4.69) is 27.3 Å². The van der Waals surface area contributed by atoms with Gasteiger partial charge in [0.25, 0.3) is 0 Å². The zero-order chi connectivity index (χ0) is 20.3. The van der Waals surface area contributed by atoms with E-state index in [1.54, 1.807) is 13.8 Å². The first kappa shape index (κ1) is 20.5. The fourth-order valence-corrected chi connectivity index (χ4v) is 3.62. The molecule has 1 aromatic carbocycles. The number of aryl methyl sites for hydroxylation is 1. The van der Waals surface area contributed by atoms with E-state index >= 15 is 0 Å². The summed E-state index contributed by atoms with van der Waals surface area (Å²) in [6.45, 7) is 7.72. The largest absolute Gasteiger partial charge is 0.392 e. The molecule has 7 nitrogen and oxygen atoms in total. The number of fused-ring (bicyclic) bond motifs is 1. The Labute approximate surface area is 166 Å². The lowest BCUT2D eigenvalue weighted by Crippen LogP contribution is -2.45. The average molecular weight is 386 g/mol. The molecule has 3 rings (SSSR count). The monoisotopic (exact) mass is 385 g/mol. The molecular weight excluding hydrogens is 354 g/mol. The van der Waals surface area contributed by atoms with Crippen molar-refractivity contribution in [3.63, 3.8) is 0 Å². The highest BCUT2D eigenvalue weighted by Crippen LogP contribution is 2.27. The molecule has 1 saturated heterocycles. The van der Waals surface area contributed by atoms with Crippen LogP contribution in [-0.2, 0) is 0 Å². The first-order chi connectivity index (χ1) is 13.3. The van der Waals surface area contributed by atoms with Crippen molar-refractivity contribution in [3.05, 3.63) is 35.4 Å². The number of pyridine rings is 1. The predicted molar refractivity (Wildman–Crippen MR) is 114 cm³/mol. The molecule has 2 aromatic rings. The molecule has 2 atom stereocenters. The van der Waals surface area contributed by atoms with Crippen molar-refractivity contribution in [2.45, 2.75) is 52.0 Å². The first-order valence-electron chi connectivity index (χ1n) is 9.93. The Bertz CT molecular complexity index is 842. The maximum atomic E-state index is 9.65. The number of nitrogens with zero attached hydrogens (tertiary/aromatic N) is 3. The van der Waals surface area contributed by atoms with Crippen LogP contribution in [0.15, 0.2) is 29.3 Å². The number of aliphatic imine (C=N–C) groups is 1. The summed E-state index contributed by atoms with van der Waals surface area (Å²) in [5.74, 6) is 1.11. The number of anilines is 1. The minimum Gasteiger partial charge on any atom is -0.392 e. The molecule has 0 spiro atoms. The van der Waals surface area contributed by atoms with Crippen LogP contribution in [0, 0.1) is 6.92 Å². The number of amidine groups is 1. The van der Waals surface area contributed by atoms with Gasteiger partial charge in [0, 0.05) is 31.1 Å². The van der Waals surface area contributed by atoms with Crippen LogP contribution >= 0.6 is 0 Å². The quantitative estimate of drug-likeness (QED) is 0.444. The summed E-state index contributed by atoms with van der Waals surface area (Å²) in [5.41, 5.74) is 9.06. The van der Waals surface area contributed by atoms with Crippen molar-refractivity contribution < 1.29 is 10.2 Å². The second-order valence-electron chi connectivity index (χ2n) is 7.72. The number of nitrogens with one attached hydrogen (secondary N) is 1. The third kappa shape index (κ3) is 4.98. The van der Waals surface area contributed by atoms with Gasteiger partial charge in [-0.25, -0.2) is 9.98 Å². The summed E-state index contributed by atoms with van der Waals surface area (Å²) >= 11 is 0. The minimum absolute atomic E-state index is 0.301. The zero-order valence-electron chi connectivity index (χ0n) is 16.9. The molecule has 1 fully saturated rings. The first-order valence-corrected chi connectivity index (χ1v) is 9.93. The average Bonchev–Trinajstić information content (AvgIpc) is 2.65. The number of hydrogen-bond acceptors (Lipinski definition) is 6. The maximum absolute atomic E-state index is 9.65. The third-order valence-electron chi connectivity index (χ3n) is 5.05. The molecule has 152 valence electrons. The smallest absolute Gasteiger partial charge is 0.144 e. The lowest BCUT2D eigenvalue weighted by Gasteiger charge is -2.34. The molecular formula is C21H31N5O2. The lowest BCUT2D eigenvalue weighted by molar-refractivity contribution is 0.183. The van der Waals surface area contributed by atoms with Gasteiger partial charge < -0.3 is 26.2 Å². The molecule has 1 aromatic heterocycles. The number of aliphatic hydroxyl groups excluding tert-OH is 2. The third-order valence-corrected chi connectivity index (χ3v) is 5.05. The molecule has 0 saturated carbocycles. The molecule has 7 heteroatoms. The highest BCUT2D eigenvalue weighted by molar-refractivity contribution is 6.04. The van der Waals surface area contributed by atoms with Gasteiger partial charge in [-0.15, -0.1) is 0 Å². The van der Waals surface area contributed by atoms with Crippen molar-refractivity contribution in [3.8, 4) is 0 Å². The van der Waals surface area contributed by atoms with Gasteiger partial charge in [0.05, 0.1) is 17.2 Å². The van der Waals surface area contributed by atoms with Crippen LogP contribution in [0.3, 0.4) is 0 Å². The van der Waals surface area contributed by atoms with Crippen LogP contribution in [0.5, 0.6) is 0 Å². The van der Waals surface area contributed by atoms with Crippen LogP contribution in [0.25, 0.3) is 10.9 Å². The summed E-state index contributed by atoms with van der Waals surface area (Å²) in [4.78, 5) is 11.3. The number of benzene rings is 1. The van der Waals surface area contributed by atoms with E-state index in [9.17, 15) is 10.2 Å². The van der Waals surface area contributed by atoms with E-state index in [0.717, 1.165) is 53.8 Å². The number of aromatic nitrogens is 1. The van der Waals surface area contributed by atoms with Crippen LogP contribution in [0.2, 0.25) is 0 Å². The van der Waals surface area contributed by atoms with Crippen LogP contribution in [0.1, 0.15) is 37.8 Å². The number of hydrogen-bond donors (Lipinski definition) is 4. The Morgan fingerprint density at radius 2 is 2.00 bits per heavy atom. The van der Waals surface area contributed by atoms with Crippen LogP contribution < -0.4 is 16.0 Å². The van der Waals surface area contributed by atoms with E-state index < -0.39 is 6.23 Å². The number of aliphatic hydroxyl groups is 2. The zero-order valence-corrected chi connectivity index (χ0v) is 16.9. The van der Waals surface area contributed by atoms with Gasteiger partial charge in [0.1, 0.15) is 17.9 Å². The van der Waals surface area contributed by atoms with Crippen molar-refractivity contribution in [2.24, 2.45) is 10.7 Å². The summed E-state index contributed by atoms with van der Waals surface area (Å²) in [7, 11) is 0. The second-order valence-corrected chi connectivity index (χ2v) is 7.72.